The number of sulfone groups is 2. The van der Waals surface area contributed by atoms with Crippen molar-refractivity contribution in [2.75, 3.05) is 5.75 Å². The number of rotatable bonds is 5. The predicted octanol–water partition coefficient (Wildman–Crippen LogP) is 4.11. The van der Waals surface area contributed by atoms with Gasteiger partial charge >= 0.3 is 0 Å². The number of fused-ring (bicyclic) bond motifs is 1. The molecule has 1 atom stereocenters. The quantitative estimate of drug-likeness (QED) is 0.770. The van der Waals surface area contributed by atoms with Gasteiger partial charge in [0.15, 0.2) is 9.84 Å². The molecule has 0 radical (unpaired) electrons. The lowest BCUT2D eigenvalue weighted by atomic mass is 10.0. The van der Waals surface area contributed by atoms with E-state index < -0.39 is 24.9 Å². The standard InChI is InChI=1S/C20H22O4S2/c1-4-25(21,22)20-18-8-6-5-7-16(18)13-19(20)26(23,24)17-11-9-15(10-12-17)14(2)3/h5-14,20H,4H2,1-3H3. The molecule has 1 aliphatic carbocycles. The third-order valence-electron chi connectivity index (χ3n) is 4.76. The van der Waals surface area contributed by atoms with E-state index in [1.54, 1.807) is 48.5 Å². The van der Waals surface area contributed by atoms with Gasteiger partial charge in [-0.1, -0.05) is 57.2 Å². The summed E-state index contributed by atoms with van der Waals surface area (Å²) in [5.41, 5.74) is 2.21. The van der Waals surface area contributed by atoms with Crippen LogP contribution in [0.5, 0.6) is 0 Å². The summed E-state index contributed by atoms with van der Waals surface area (Å²) in [6.07, 6.45) is 1.50. The summed E-state index contributed by atoms with van der Waals surface area (Å²) >= 11 is 0. The molecule has 1 unspecified atom stereocenters. The minimum atomic E-state index is -3.91. The van der Waals surface area contributed by atoms with Crippen LogP contribution < -0.4 is 0 Å². The van der Waals surface area contributed by atoms with Crippen molar-refractivity contribution in [3.05, 3.63) is 70.1 Å². The average molecular weight is 391 g/mol. The van der Waals surface area contributed by atoms with Crippen molar-refractivity contribution in [1.29, 1.82) is 0 Å². The summed E-state index contributed by atoms with van der Waals surface area (Å²) in [5.74, 6) is 0.167. The lowest BCUT2D eigenvalue weighted by molar-refractivity contribution is 0.585. The highest BCUT2D eigenvalue weighted by Gasteiger charge is 2.41. The number of hydrogen-bond acceptors (Lipinski definition) is 4. The van der Waals surface area contributed by atoms with E-state index in [2.05, 4.69) is 0 Å². The van der Waals surface area contributed by atoms with Gasteiger partial charge in [-0.3, -0.25) is 0 Å². The van der Waals surface area contributed by atoms with Crippen LogP contribution in [0.25, 0.3) is 6.08 Å². The van der Waals surface area contributed by atoms with Crippen LogP contribution in [-0.4, -0.2) is 22.6 Å². The van der Waals surface area contributed by atoms with Crippen molar-refractivity contribution >= 4 is 25.8 Å². The minimum absolute atomic E-state index is 0.0575. The summed E-state index contributed by atoms with van der Waals surface area (Å²) in [5, 5.41) is -1.14. The molecule has 4 nitrogen and oxygen atoms in total. The van der Waals surface area contributed by atoms with E-state index >= 15 is 0 Å². The Bertz CT molecular complexity index is 1060. The Balaban J connectivity index is 2.14. The average Bonchev–Trinajstić information content (AvgIpc) is 3.03. The van der Waals surface area contributed by atoms with E-state index in [9.17, 15) is 16.8 Å². The molecular formula is C20H22O4S2. The van der Waals surface area contributed by atoms with E-state index in [4.69, 9.17) is 0 Å². The molecule has 0 saturated carbocycles. The van der Waals surface area contributed by atoms with Crippen LogP contribution >= 0.6 is 0 Å². The van der Waals surface area contributed by atoms with Gasteiger partial charge in [0.05, 0.1) is 9.80 Å². The zero-order chi connectivity index (χ0) is 19.1. The minimum Gasteiger partial charge on any atom is -0.228 e. The molecule has 0 N–H and O–H groups in total. The molecule has 0 aliphatic heterocycles. The van der Waals surface area contributed by atoms with Gasteiger partial charge in [-0.05, 0) is 40.8 Å². The van der Waals surface area contributed by atoms with Crippen LogP contribution in [-0.2, 0) is 19.7 Å². The molecule has 26 heavy (non-hydrogen) atoms. The third kappa shape index (κ3) is 3.12. The molecular weight excluding hydrogens is 368 g/mol. The van der Waals surface area contributed by atoms with Crippen LogP contribution in [0.3, 0.4) is 0 Å². The highest BCUT2D eigenvalue weighted by molar-refractivity contribution is 7.98. The summed E-state index contributed by atoms with van der Waals surface area (Å²) in [7, 11) is -7.53. The third-order valence-corrected chi connectivity index (χ3v) is 8.81. The molecule has 0 amide bonds. The molecule has 6 heteroatoms. The monoisotopic (exact) mass is 390 g/mol. The van der Waals surface area contributed by atoms with Gasteiger partial charge in [-0.25, -0.2) is 16.8 Å². The number of hydrogen-bond donors (Lipinski definition) is 0. The fourth-order valence-corrected chi connectivity index (χ4v) is 6.82. The maximum absolute atomic E-state index is 13.2. The molecule has 2 aromatic carbocycles. The summed E-state index contributed by atoms with van der Waals surface area (Å²) in [6, 6.07) is 13.6. The SMILES string of the molecule is CCS(=O)(=O)C1C(S(=O)(=O)c2ccc(C(C)C)cc2)=Cc2ccccc21. The zero-order valence-corrected chi connectivity index (χ0v) is 16.6. The van der Waals surface area contributed by atoms with Gasteiger partial charge in [0.1, 0.15) is 5.25 Å². The van der Waals surface area contributed by atoms with E-state index in [0.717, 1.165) is 5.56 Å². The summed E-state index contributed by atoms with van der Waals surface area (Å²) < 4.78 is 51.8. The van der Waals surface area contributed by atoms with Gasteiger partial charge in [-0.15, -0.1) is 0 Å². The molecule has 0 fully saturated rings. The summed E-state index contributed by atoms with van der Waals surface area (Å²) in [4.78, 5) is 0.0649. The van der Waals surface area contributed by atoms with Crippen LogP contribution in [0, 0.1) is 0 Å². The first-order chi connectivity index (χ1) is 12.2. The Hall–Kier alpha value is -1.92. The second-order valence-electron chi connectivity index (χ2n) is 6.73. The van der Waals surface area contributed by atoms with Gasteiger partial charge < -0.3 is 0 Å². The molecule has 0 heterocycles. The Labute approximate surface area is 155 Å². The van der Waals surface area contributed by atoms with Crippen LogP contribution in [0.2, 0.25) is 0 Å². The first-order valence-electron chi connectivity index (χ1n) is 8.55. The second kappa shape index (κ2) is 6.67. The largest absolute Gasteiger partial charge is 0.228 e. The first-order valence-corrected chi connectivity index (χ1v) is 11.8. The molecule has 1 aliphatic rings. The maximum Gasteiger partial charge on any atom is 0.204 e. The highest BCUT2D eigenvalue weighted by Crippen LogP contribution is 2.44. The molecule has 0 bridgehead atoms. The van der Waals surface area contributed by atoms with Crippen molar-refractivity contribution in [3.8, 4) is 0 Å². The van der Waals surface area contributed by atoms with Crippen molar-refractivity contribution < 1.29 is 16.8 Å². The summed E-state index contributed by atoms with van der Waals surface area (Å²) in [6.45, 7) is 5.60. The molecule has 0 aromatic heterocycles. The number of benzene rings is 2. The van der Waals surface area contributed by atoms with Crippen molar-refractivity contribution in [1.82, 2.24) is 0 Å². The highest BCUT2D eigenvalue weighted by atomic mass is 32.2. The lowest BCUT2D eigenvalue weighted by Gasteiger charge is -2.17. The van der Waals surface area contributed by atoms with Crippen LogP contribution in [0.4, 0.5) is 0 Å². The molecule has 2 aromatic rings. The van der Waals surface area contributed by atoms with Gasteiger partial charge in [0, 0.05) is 5.75 Å². The predicted molar refractivity (Wildman–Crippen MR) is 104 cm³/mol. The van der Waals surface area contributed by atoms with E-state index in [1.807, 2.05) is 13.8 Å². The Morgan fingerprint density at radius 2 is 1.54 bits per heavy atom. The Kier molecular flexibility index (Phi) is 4.84. The van der Waals surface area contributed by atoms with Crippen molar-refractivity contribution in [3.63, 3.8) is 0 Å². The molecule has 3 rings (SSSR count). The lowest BCUT2D eigenvalue weighted by Crippen LogP contribution is -2.20. The Morgan fingerprint density at radius 3 is 2.12 bits per heavy atom. The van der Waals surface area contributed by atoms with E-state index in [0.29, 0.717) is 11.1 Å². The van der Waals surface area contributed by atoms with Crippen molar-refractivity contribution in [2.45, 2.75) is 36.8 Å². The first kappa shape index (κ1) is 18.9. The molecule has 0 saturated heterocycles. The van der Waals surface area contributed by atoms with Gasteiger partial charge in [0.2, 0.25) is 9.84 Å². The van der Waals surface area contributed by atoms with Crippen LogP contribution in [0.1, 0.15) is 48.6 Å². The van der Waals surface area contributed by atoms with Crippen molar-refractivity contribution in [2.24, 2.45) is 0 Å². The zero-order valence-electron chi connectivity index (χ0n) is 15.0. The van der Waals surface area contributed by atoms with E-state index in [1.165, 1.54) is 13.0 Å². The Morgan fingerprint density at radius 1 is 0.923 bits per heavy atom. The van der Waals surface area contributed by atoms with E-state index in [-0.39, 0.29) is 21.5 Å². The smallest absolute Gasteiger partial charge is 0.204 e. The fraction of sp³-hybridized carbons (Fsp3) is 0.300. The van der Waals surface area contributed by atoms with Gasteiger partial charge in [-0.2, -0.15) is 0 Å². The van der Waals surface area contributed by atoms with Gasteiger partial charge in [0.25, 0.3) is 0 Å². The molecule has 0 spiro atoms. The fourth-order valence-electron chi connectivity index (χ4n) is 3.19. The topological polar surface area (TPSA) is 68.3 Å². The normalized spacial score (nSPS) is 17.2. The second-order valence-corrected chi connectivity index (χ2v) is 11.1. The molecule has 138 valence electrons. The van der Waals surface area contributed by atoms with Crippen LogP contribution in [0.15, 0.2) is 58.3 Å². The maximum atomic E-state index is 13.2.